The summed E-state index contributed by atoms with van der Waals surface area (Å²) in [6.45, 7) is 0. The van der Waals surface area contributed by atoms with E-state index < -0.39 is 17.7 Å². The van der Waals surface area contributed by atoms with Gasteiger partial charge < -0.3 is 5.32 Å². The number of benzene rings is 1. The minimum atomic E-state index is -0.973. The Hall–Kier alpha value is -3.15. The molecule has 1 amide bonds. The lowest BCUT2D eigenvalue weighted by Crippen LogP contribution is -2.29. The Bertz CT molecular complexity index is 841. The highest BCUT2D eigenvalue weighted by atomic mass is 19.2. The van der Waals surface area contributed by atoms with Crippen molar-refractivity contribution in [1.29, 1.82) is 0 Å². The molecule has 120 valence electrons. The summed E-state index contributed by atoms with van der Waals surface area (Å²) in [5.41, 5.74) is 1.50. The van der Waals surface area contributed by atoms with Crippen LogP contribution in [0, 0.1) is 11.6 Å². The van der Waals surface area contributed by atoms with Gasteiger partial charge in [-0.2, -0.15) is 0 Å². The molecule has 1 N–H and O–H groups in total. The van der Waals surface area contributed by atoms with Gasteiger partial charge in [0.1, 0.15) is 0 Å². The van der Waals surface area contributed by atoms with Crippen LogP contribution in [0.1, 0.15) is 27.5 Å². The van der Waals surface area contributed by atoms with Crippen LogP contribution >= 0.6 is 0 Å². The van der Waals surface area contributed by atoms with Gasteiger partial charge in [-0.15, -0.1) is 0 Å². The van der Waals surface area contributed by atoms with E-state index in [1.165, 1.54) is 18.5 Å². The molecule has 0 saturated carbocycles. The Labute approximate surface area is 137 Å². The number of carbonyl (C=O) groups excluding carboxylic acids is 1. The second kappa shape index (κ2) is 6.95. The first-order valence-corrected chi connectivity index (χ1v) is 7.21. The maximum absolute atomic E-state index is 13.6. The van der Waals surface area contributed by atoms with Crippen molar-refractivity contribution < 1.29 is 13.6 Å². The minimum Gasteiger partial charge on any atom is -0.341 e. The molecule has 3 aromatic rings. The third-order valence-electron chi connectivity index (χ3n) is 3.51. The van der Waals surface area contributed by atoms with Crippen molar-refractivity contribution in [3.63, 3.8) is 0 Å². The fraction of sp³-hybridized carbons (Fsp3) is 0.0556. The second-order valence-corrected chi connectivity index (χ2v) is 5.10. The maximum atomic E-state index is 13.6. The van der Waals surface area contributed by atoms with Crippen LogP contribution in [-0.4, -0.2) is 15.9 Å². The molecule has 0 aliphatic carbocycles. The quantitative estimate of drug-likeness (QED) is 0.801. The molecule has 0 fully saturated rings. The zero-order valence-electron chi connectivity index (χ0n) is 12.5. The first-order chi connectivity index (χ1) is 11.6. The fourth-order valence-electron chi connectivity index (χ4n) is 2.32. The molecule has 0 unspecified atom stereocenters. The van der Waals surface area contributed by atoms with Gasteiger partial charge in [0.25, 0.3) is 5.91 Å². The Morgan fingerprint density at radius 1 is 0.917 bits per heavy atom. The van der Waals surface area contributed by atoms with Crippen LogP contribution in [0.25, 0.3) is 0 Å². The molecule has 0 bridgehead atoms. The molecule has 1 aromatic carbocycles. The molecule has 3 rings (SSSR count). The summed E-state index contributed by atoms with van der Waals surface area (Å²) in [4.78, 5) is 20.3. The van der Waals surface area contributed by atoms with E-state index in [1.807, 2.05) is 0 Å². The normalized spacial score (nSPS) is 11.8. The number of halogens is 2. The molecule has 1 atom stereocenters. The van der Waals surface area contributed by atoms with Gasteiger partial charge in [0, 0.05) is 30.4 Å². The topological polar surface area (TPSA) is 54.9 Å². The molecule has 0 aliphatic rings. The van der Waals surface area contributed by atoms with E-state index in [0.29, 0.717) is 16.7 Å². The zero-order chi connectivity index (χ0) is 16.9. The van der Waals surface area contributed by atoms with Gasteiger partial charge in [0.05, 0.1) is 6.04 Å². The second-order valence-electron chi connectivity index (χ2n) is 5.10. The lowest BCUT2D eigenvalue weighted by atomic mass is 9.99. The smallest absolute Gasteiger partial charge is 0.252 e. The molecule has 0 spiro atoms. The van der Waals surface area contributed by atoms with Crippen LogP contribution in [0.2, 0.25) is 0 Å². The Morgan fingerprint density at radius 2 is 1.71 bits per heavy atom. The molecule has 2 heterocycles. The highest BCUT2D eigenvalue weighted by Gasteiger charge is 2.19. The first kappa shape index (κ1) is 15.7. The van der Waals surface area contributed by atoms with Crippen molar-refractivity contribution in [1.82, 2.24) is 15.3 Å². The molecule has 4 nitrogen and oxygen atoms in total. The Balaban J connectivity index is 1.96. The summed E-state index contributed by atoms with van der Waals surface area (Å²) in [5.74, 6) is -2.26. The number of pyridine rings is 2. The van der Waals surface area contributed by atoms with Gasteiger partial charge >= 0.3 is 0 Å². The Kier molecular flexibility index (Phi) is 4.56. The lowest BCUT2D eigenvalue weighted by Gasteiger charge is -2.19. The molecular weight excluding hydrogens is 312 g/mol. The standard InChI is InChI=1S/C18H13F2N3O/c19-15-4-3-13(10-16(15)20)17(14-2-1-7-22-11-14)23-18(24)12-5-8-21-9-6-12/h1-11,17H,(H,23,24)/t17-/m1/s1. The molecule has 0 radical (unpaired) electrons. The van der Waals surface area contributed by atoms with Crippen molar-refractivity contribution in [3.8, 4) is 0 Å². The molecule has 0 saturated heterocycles. The summed E-state index contributed by atoms with van der Waals surface area (Å²) < 4.78 is 26.8. The van der Waals surface area contributed by atoms with Crippen molar-refractivity contribution >= 4 is 5.91 Å². The molecule has 0 aliphatic heterocycles. The van der Waals surface area contributed by atoms with E-state index in [4.69, 9.17) is 0 Å². The number of nitrogens with one attached hydrogen (secondary N) is 1. The monoisotopic (exact) mass is 325 g/mol. The van der Waals surface area contributed by atoms with E-state index in [2.05, 4.69) is 15.3 Å². The van der Waals surface area contributed by atoms with Crippen LogP contribution in [-0.2, 0) is 0 Å². The summed E-state index contributed by atoms with van der Waals surface area (Å²) in [6, 6.07) is 9.48. The van der Waals surface area contributed by atoms with Gasteiger partial charge in [-0.05, 0) is 41.5 Å². The van der Waals surface area contributed by atoms with Crippen LogP contribution < -0.4 is 5.32 Å². The molecular formula is C18H13F2N3O. The number of nitrogens with zero attached hydrogens (tertiary/aromatic N) is 2. The van der Waals surface area contributed by atoms with Crippen molar-refractivity contribution in [3.05, 3.63) is 95.6 Å². The van der Waals surface area contributed by atoms with E-state index in [-0.39, 0.29) is 5.91 Å². The molecule has 24 heavy (non-hydrogen) atoms. The zero-order valence-corrected chi connectivity index (χ0v) is 12.5. The van der Waals surface area contributed by atoms with Gasteiger partial charge in [0.2, 0.25) is 0 Å². The number of aromatic nitrogens is 2. The predicted molar refractivity (Wildman–Crippen MR) is 84.1 cm³/mol. The highest BCUT2D eigenvalue weighted by molar-refractivity contribution is 5.94. The highest BCUT2D eigenvalue weighted by Crippen LogP contribution is 2.23. The van der Waals surface area contributed by atoms with Crippen molar-refractivity contribution in [2.45, 2.75) is 6.04 Å². The average Bonchev–Trinajstić information content (AvgIpc) is 2.63. The maximum Gasteiger partial charge on any atom is 0.252 e. The van der Waals surface area contributed by atoms with Crippen LogP contribution in [0.5, 0.6) is 0 Å². The van der Waals surface area contributed by atoms with Crippen molar-refractivity contribution in [2.24, 2.45) is 0 Å². The molecule has 2 aromatic heterocycles. The van der Waals surface area contributed by atoms with E-state index in [1.54, 1.807) is 36.7 Å². The first-order valence-electron chi connectivity index (χ1n) is 7.21. The van der Waals surface area contributed by atoms with E-state index in [9.17, 15) is 13.6 Å². The fourth-order valence-corrected chi connectivity index (χ4v) is 2.32. The Morgan fingerprint density at radius 3 is 2.38 bits per heavy atom. The van der Waals surface area contributed by atoms with Gasteiger partial charge in [0.15, 0.2) is 11.6 Å². The molecule has 6 heteroatoms. The minimum absolute atomic E-state index is 0.351. The van der Waals surface area contributed by atoms with Crippen LogP contribution in [0.3, 0.4) is 0 Å². The summed E-state index contributed by atoms with van der Waals surface area (Å²) in [6.07, 6.45) is 6.17. The lowest BCUT2D eigenvalue weighted by molar-refractivity contribution is 0.0942. The average molecular weight is 325 g/mol. The summed E-state index contributed by atoms with van der Waals surface area (Å²) >= 11 is 0. The number of carbonyl (C=O) groups is 1. The van der Waals surface area contributed by atoms with Gasteiger partial charge in [-0.25, -0.2) is 8.78 Å². The van der Waals surface area contributed by atoms with Crippen LogP contribution in [0.15, 0.2) is 67.3 Å². The van der Waals surface area contributed by atoms with Crippen molar-refractivity contribution in [2.75, 3.05) is 0 Å². The number of hydrogen-bond acceptors (Lipinski definition) is 3. The number of amides is 1. The third-order valence-corrected chi connectivity index (χ3v) is 3.51. The number of hydrogen-bond donors (Lipinski definition) is 1. The van der Waals surface area contributed by atoms with Gasteiger partial charge in [-0.3, -0.25) is 14.8 Å². The van der Waals surface area contributed by atoms with Crippen LogP contribution in [0.4, 0.5) is 8.78 Å². The predicted octanol–water partition coefficient (Wildman–Crippen LogP) is 3.27. The third kappa shape index (κ3) is 3.43. The SMILES string of the molecule is O=C(N[C@@H](c1cccnc1)c1ccc(F)c(F)c1)c1ccncc1. The van der Waals surface area contributed by atoms with E-state index in [0.717, 1.165) is 12.1 Å². The number of rotatable bonds is 4. The summed E-state index contributed by atoms with van der Waals surface area (Å²) in [7, 11) is 0. The summed E-state index contributed by atoms with van der Waals surface area (Å²) in [5, 5.41) is 2.82. The largest absolute Gasteiger partial charge is 0.341 e. The van der Waals surface area contributed by atoms with E-state index >= 15 is 0 Å². The van der Waals surface area contributed by atoms with Gasteiger partial charge in [-0.1, -0.05) is 12.1 Å².